The molecule has 2 heterocycles. The molecule has 3 unspecified atom stereocenters. The number of nitrogens with two attached hydrogens (primary N) is 1. The van der Waals surface area contributed by atoms with Gasteiger partial charge in [-0.15, -0.1) is 36.2 Å². The van der Waals surface area contributed by atoms with Crippen molar-refractivity contribution in [2.24, 2.45) is 11.7 Å². The number of halogens is 2. The maximum Gasteiger partial charge on any atom is 0.226 e. The lowest BCUT2D eigenvalue weighted by Gasteiger charge is -2.34. The van der Waals surface area contributed by atoms with Gasteiger partial charge < -0.3 is 10.6 Å². The third-order valence-corrected chi connectivity index (χ3v) is 5.25. The van der Waals surface area contributed by atoms with Crippen molar-refractivity contribution in [2.45, 2.75) is 52.0 Å². The van der Waals surface area contributed by atoms with E-state index in [1.54, 1.807) is 11.3 Å². The van der Waals surface area contributed by atoms with Crippen LogP contribution in [0.15, 0.2) is 5.38 Å². The van der Waals surface area contributed by atoms with Crippen LogP contribution in [0, 0.1) is 5.92 Å². The number of rotatable bonds is 4. The number of aromatic nitrogens is 1. The summed E-state index contributed by atoms with van der Waals surface area (Å²) in [6.45, 7) is 7.61. The van der Waals surface area contributed by atoms with Gasteiger partial charge in [-0.1, -0.05) is 13.8 Å². The normalized spacial score (nSPS) is 20.5. The fourth-order valence-electron chi connectivity index (χ4n) is 2.56. The van der Waals surface area contributed by atoms with Crippen LogP contribution in [0.25, 0.3) is 0 Å². The number of aryl methyl sites for hydroxylation is 1. The molecule has 22 heavy (non-hydrogen) atoms. The fraction of sp³-hybridized carbons (Fsp3) is 0.733. The highest BCUT2D eigenvalue weighted by Gasteiger charge is 2.30. The first-order valence-electron chi connectivity index (χ1n) is 7.51. The summed E-state index contributed by atoms with van der Waals surface area (Å²) in [6, 6.07) is -0.0885. The Morgan fingerprint density at radius 2 is 2.18 bits per heavy atom. The van der Waals surface area contributed by atoms with Crippen LogP contribution in [0.3, 0.4) is 0 Å². The lowest BCUT2D eigenvalue weighted by molar-refractivity contribution is -0.136. The Kier molecular flexibility index (Phi) is 9.55. The van der Waals surface area contributed by atoms with E-state index in [0.29, 0.717) is 5.92 Å². The van der Waals surface area contributed by atoms with Gasteiger partial charge in [0.05, 0.1) is 16.6 Å². The van der Waals surface area contributed by atoms with Crippen LogP contribution in [-0.2, 0) is 11.2 Å². The summed E-state index contributed by atoms with van der Waals surface area (Å²) in [7, 11) is 0. The molecule has 0 aromatic carbocycles. The molecule has 0 bridgehead atoms. The van der Waals surface area contributed by atoms with Crippen molar-refractivity contribution in [1.82, 2.24) is 9.88 Å². The van der Waals surface area contributed by atoms with E-state index in [0.717, 1.165) is 38.0 Å². The highest BCUT2D eigenvalue weighted by Crippen LogP contribution is 2.30. The summed E-state index contributed by atoms with van der Waals surface area (Å²) in [5.74, 6) is 0.492. The molecule has 7 heteroatoms. The zero-order valence-electron chi connectivity index (χ0n) is 13.4. The van der Waals surface area contributed by atoms with E-state index in [1.165, 1.54) is 5.01 Å². The zero-order valence-corrected chi connectivity index (χ0v) is 15.9. The van der Waals surface area contributed by atoms with Gasteiger partial charge in [-0.25, -0.2) is 4.98 Å². The number of carbonyl (C=O) groups excluding carboxylic acids is 1. The molecule has 1 aliphatic rings. The first-order valence-corrected chi connectivity index (χ1v) is 8.39. The SMILES string of the molecule is CCc1csc(C2CCCN(C(=O)C(C)C(C)N)C2)n1.Cl.Cl. The number of nitrogens with zero attached hydrogens (tertiary/aromatic N) is 2. The van der Waals surface area contributed by atoms with Crippen LogP contribution in [0.5, 0.6) is 0 Å². The molecular formula is C15H27Cl2N3OS. The summed E-state index contributed by atoms with van der Waals surface area (Å²) in [5.41, 5.74) is 7.02. The highest BCUT2D eigenvalue weighted by molar-refractivity contribution is 7.09. The maximum atomic E-state index is 12.4. The van der Waals surface area contributed by atoms with Gasteiger partial charge in [0, 0.05) is 30.4 Å². The van der Waals surface area contributed by atoms with Crippen molar-refractivity contribution in [1.29, 1.82) is 0 Å². The summed E-state index contributed by atoms with van der Waals surface area (Å²) < 4.78 is 0. The Morgan fingerprint density at radius 1 is 1.50 bits per heavy atom. The van der Waals surface area contributed by atoms with Gasteiger partial charge in [0.2, 0.25) is 5.91 Å². The third kappa shape index (κ3) is 5.08. The standard InChI is InChI=1S/C15H25N3OS.2ClH/c1-4-13-9-20-14(17-13)12-6-5-7-18(8-12)15(19)10(2)11(3)16;;/h9-12H,4-8,16H2,1-3H3;2*1H. The molecule has 1 aromatic heterocycles. The van der Waals surface area contributed by atoms with Crippen LogP contribution in [0.1, 0.15) is 50.2 Å². The van der Waals surface area contributed by atoms with Crippen LogP contribution in [0.4, 0.5) is 0 Å². The van der Waals surface area contributed by atoms with Crippen LogP contribution >= 0.6 is 36.2 Å². The Bertz CT molecular complexity index is 467. The fourth-order valence-corrected chi connectivity index (χ4v) is 3.60. The van der Waals surface area contributed by atoms with E-state index >= 15 is 0 Å². The van der Waals surface area contributed by atoms with E-state index in [1.807, 2.05) is 18.7 Å². The van der Waals surface area contributed by atoms with E-state index < -0.39 is 0 Å². The van der Waals surface area contributed by atoms with Crippen molar-refractivity contribution in [3.63, 3.8) is 0 Å². The van der Waals surface area contributed by atoms with Crippen molar-refractivity contribution >= 4 is 42.1 Å². The number of carbonyl (C=O) groups is 1. The second-order valence-corrected chi connectivity index (χ2v) is 6.69. The van der Waals surface area contributed by atoms with Gasteiger partial charge in [0.15, 0.2) is 0 Å². The molecule has 1 amide bonds. The van der Waals surface area contributed by atoms with E-state index in [4.69, 9.17) is 5.73 Å². The van der Waals surface area contributed by atoms with Gasteiger partial charge in [-0.3, -0.25) is 4.79 Å². The Balaban J connectivity index is 0.00000220. The van der Waals surface area contributed by atoms with Gasteiger partial charge in [0.1, 0.15) is 0 Å². The quantitative estimate of drug-likeness (QED) is 0.888. The first kappa shape index (κ1) is 21.6. The van der Waals surface area contributed by atoms with Gasteiger partial charge in [0.25, 0.3) is 0 Å². The van der Waals surface area contributed by atoms with Gasteiger partial charge in [-0.2, -0.15) is 0 Å². The second-order valence-electron chi connectivity index (χ2n) is 5.80. The van der Waals surface area contributed by atoms with Crippen LogP contribution < -0.4 is 5.73 Å². The predicted octanol–water partition coefficient (Wildman–Crippen LogP) is 3.24. The Labute approximate surface area is 149 Å². The number of amides is 1. The first-order chi connectivity index (χ1) is 9.52. The largest absolute Gasteiger partial charge is 0.342 e. The molecular weight excluding hydrogens is 341 g/mol. The molecule has 4 nitrogen and oxygen atoms in total. The molecule has 2 N–H and O–H groups in total. The van der Waals surface area contributed by atoms with Crippen molar-refractivity contribution in [2.75, 3.05) is 13.1 Å². The molecule has 128 valence electrons. The molecule has 0 spiro atoms. The predicted molar refractivity (Wildman–Crippen MR) is 97.4 cm³/mol. The van der Waals surface area contributed by atoms with E-state index in [2.05, 4.69) is 17.3 Å². The number of hydrogen-bond acceptors (Lipinski definition) is 4. The summed E-state index contributed by atoms with van der Waals surface area (Å²) in [5, 5.41) is 3.33. The van der Waals surface area contributed by atoms with E-state index in [-0.39, 0.29) is 42.7 Å². The molecule has 3 atom stereocenters. The van der Waals surface area contributed by atoms with Gasteiger partial charge in [-0.05, 0) is 26.2 Å². The average molecular weight is 368 g/mol. The Morgan fingerprint density at radius 3 is 2.73 bits per heavy atom. The molecule has 0 radical (unpaired) electrons. The van der Waals surface area contributed by atoms with Crippen LogP contribution in [0.2, 0.25) is 0 Å². The van der Waals surface area contributed by atoms with E-state index in [9.17, 15) is 4.79 Å². The van der Waals surface area contributed by atoms with Crippen LogP contribution in [-0.4, -0.2) is 34.9 Å². The topological polar surface area (TPSA) is 59.2 Å². The molecule has 1 aliphatic heterocycles. The minimum absolute atomic E-state index is 0. The van der Waals surface area contributed by atoms with Crippen molar-refractivity contribution in [3.8, 4) is 0 Å². The van der Waals surface area contributed by atoms with Crippen molar-refractivity contribution in [3.05, 3.63) is 16.1 Å². The summed E-state index contributed by atoms with van der Waals surface area (Å²) in [4.78, 5) is 19.1. The zero-order chi connectivity index (χ0) is 14.7. The number of thiazole rings is 1. The summed E-state index contributed by atoms with van der Waals surface area (Å²) >= 11 is 1.74. The smallest absolute Gasteiger partial charge is 0.226 e. The molecule has 1 fully saturated rings. The molecule has 2 rings (SSSR count). The van der Waals surface area contributed by atoms with Gasteiger partial charge >= 0.3 is 0 Å². The van der Waals surface area contributed by atoms with Crippen molar-refractivity contribution < 1.29 is 4.79 Å². The highest BCUT2D eigenvalue weighted by atomic mass is 35.5. The maximum absolute atomic E-state index is 12.4. The lowest BCUT2D eigenvalue weighted by Crippen LogP contribution is -2.45. The molecule has 1 saturated heterocycles. The molecule has 0 saturated carbocycles. The number of piperidine rings is 1. The third-order valence-electron chi connectivity index (χ3n) is 4.19. The average Bonchev–Trinajstić information content (AvgIpc) is 2.94. The number of hydrogen-bond donors (Lipinski definition) is 1. The minimum Gasteiger partial charge on any atom is -0.342 e. The summed E-state index contributed by atoms with van der Waals surface area (Å²) in [6.07, 6.45) is 3.17. The second kappa shape index (κ2) is 9.71. The monoisotopic (exact) mass is 367 g/mol. The minimum atomic E-state index is -0.101. The number of likely N-dealkylation sites (tertiary alicyclic amines) is 1. The molecule has 0 aliphatic carbocycles. The Hall–Kier alpha value is -0.360. The lowest BCUT2D eigenvalue weighted by atomic mass is 9.95. The molecule has 1 aromatic rings.